The van der Waals surface area contributed by atoms with Crippen LogP contribution < -0.4 is 9.47 Å². The van der Waals surface area contributed by atoms with Gasteiger partial charge in [0.05, 0.1) is 20.1 Å². The third-order valence-corrected chi connectivity index (χ3v) is 6.24. The van der Waals surface area contributed by atoms with Crippen LogP contribution >= 0.6 is 0 Å². The van der Waals surface area contributed by atoms with E-state index in [1.54, 1.807) is 14.2 Å². The Bertz CT molecular complexity index is 1090. The monoisotopic (exact) mass is 384 g/mol. The molecule has 3 nitrogen and oxygen atoms in total. The van der Waals surface area contributed by atoms with Gasteiger partial charge in [0, 0.05) is 16.7 Å². The number of hydrogen-bond donors (Lipinski definition) is 0. The van der Waals surface area contributed by atoms with Crippen molar-refractivity contribution in [1.82, 2.24) is 0 Å². The van der Waals surface area contributed by atoms with Gasteiger partial charge in [-0.15, -0.1) is 0 Å². The highest BCUT2D eigenvalue weighted by Crippen LogP contribution is 2.45. The molecular formula is C26H26NO2+. The lowest BCUT2D eigenvalue weighted by Gasteiger charge is -2.26. The summed E-state index contributed by atoms with van der Waals surface area (Å²) < 4.78 is 14.0. The minimum absolute atomic E-state index is 0.340. The predicted molar refractivity (Wildman–Crippen MR) is 116 cm³/mol. The molecule has 3 aromatic rings. The second kappa shape index (κ2) is 7.40. The molecule has 2 aliphatic rings. The number of hydrogen-bond acceptors (Lipinski definition) is 2. The van der Waals surface area contributed by atoms with Gasteiger partial charge in [-0.2, -0.15) is 0 Å². The second-order valence-electron chi connectivity index (χ2n) is 7.89. The molecule has 0 amide bonds. The van der Waals surface area contributed by atoms with Crippen molar-refractivity contribution in [2.24, 2.45) is 0 Å². The summed E-state index contributed by atoms with van der Waals surface area (Å²) in [6.45, 7) is 1.88. The largest absolute Gasteiger partial charge is 0.493 e. The topological polar surface area (TPSA) is 21.5 Å². The first kappa shape index (κ1) is 18.0. The quantitative estimate of drug-likeness (QED) is 0.614. The molecule has 1 heterocycles. The number of aryl methyl sites for hydroxylation is 1. The average molecular weight is 384 g/mol. The van der Waals surface area contributed by atoms with Gasteiger partial charge in [-0.05, 0) is 35.6 Å². The number of methoxy groups -OCH3 is 2. The molecule has 1 aliphatic heterocycles. The lowest BCUT2D eigenvalue weighted by Crippen LogP contribution is -2.28. The first-order valence-corrected chi connectivity index (χ1v) is 10.3. The van der Waals surface area contributed by atoms with Crippen molar-refractivity contribution in [3.05, 3.63) is 94.0 Å². The molecule has 3 aromatic carbocycles. The summed E-state index contributed by atoms with van der Waals surface area (Å²) in [5.74, 6) is 2.06. The third kappa shape index (κ3) is 3.11. The van der Waals surface area contributed by atoms with Gasteiger partial charge >= 0.3 is 0 Å². The highest BCUT2D eigenvalue weighted by Gasteiger charge is 2.35. The summed E-state index contributed by atoms with van der Waals surface area (Å²) in [5, 5.41) is 0. The van der Waals surface area contributed by atoms with Gasteiger partial charge in [0.15, 0.2) is 30.8 Å². The predicted octanol–water partition coefficient (Wildman–Crippen LogP) is 4.58. The van der Waals surface area contributed by atoms with Crippen molar-refractivity contribution in [2.75, 3.05) is 20.8 Å². The Morgan fingerprint density at radius 1 is 0.931 bits per heavy atom. The zero-order chi connectivity index (χ0) is 19.8. The van der Waals surface area contributed by atoms with Crippen molar-refractivity contribution in [3.8, 4) is 11.5 Å². The summed E-state index contributed by atoms with van der Waals surface area (Å²) in [6, 6.07) is 21.8. The summed E-state index contributed by atoms with van der Waals surface area (Å²) >= 11 is 0. The number of nitrogens with zero attached hydrogens (tertiary/aromatic N) is 1. The minimum Gasteiger partial charge on any atom is -0.493 e. The highest BCUT2D eigenvalue weighted by molar-refractivity contribution is 5.83. The van der Waals surface area contributed by atoms with Crippen LogP contribution in [-0.2, 0) is 19.4 Å². The Balaban J connectivity index is 1.70. The molecule has 146 valence electrons. The first-order chi connectivity index (χ1) is 14.3. The minimum atomic E-state index is 0.340. The lowest BCUT2D eigenvalue weighted by atomic mass is 9.82. The van der Waals surface area contributed by atoms with E-state index in [1.807, 2.05) is 0 Å². The van der Waals surface area contributed by atoms with Crippen LogP contribution in [-0.4, -0.2) is 31.6 Å². The fraction of sp³-hybridized carbons (Fsp3) is 0.269. The van der Waals surface area contributed by atoms with E-state index in [-0.39, 0.29) is 0 Å². The van der Waals surface area contributed by atoms with Crippen LogP contribution in [0.5, 0.6) is 11.5 Å². The zero-order valence-electron chi connectivity index (χ0n) is 17.0. The summed E-state index contributed by atoms with van der Waals surface area (Å²) in [7, 11) is 3.48. The molecule has 0 saturated heterocycles. The van der Waals surface area contributed by atoms with Crippen molar-refractivity contribution in [1.29, 1.82) is 0 Å². The van der Waals surface area contributed by atoms with E-state index in [9.17, 15) is 0 Å². The summed E-state index contributed by atoms with van der Waals surface area (Å²) in [6.07, 6.45) is 4.31. The van der Waals surface area contributed by atoms with Crippen LogP contribution in [0.2, 0.25) is 0 Å². The number of ether oxygens (including phenoxy) is 2. The standard InChI is InChI=1S/C26H26NO2/c1-28-24-14-20-16-27(15-18-8-4-3-5-9-18)17-23-21-11-7-6-10-19(21)12-13-22(25(20)23)26(24)29-2/h3-11,14,16,23H,12-13,15,17H2,1-2H3/q+1. The molecule has 0 bridgehead atoms. The number of benzene rings is 3. The molecule has 1 unspecified atom stereocenters. The smallest absolute Gasteiger partial charge is 0.171 e. The molecule has 0 aromatic heterocycles. The SMILES string of the molecule is COc1cc2c3c(c1OC)CCc1ccccc1C3C[N+](Cc1ccccc1)=C2. The van der Waals surface area contributed by atoms with Crippen LogP contribution in [0, 0.1) is 0 Å². The van der Waals surface area contributed by atoms with Crippen LogP contribution in [0.1, 0.15) is 39.3 Å². The van der Waals surface area contributed by atoms with Gasteiger partial charge < -0.3 is 9.47 Å². The van der Waals surface area contributed by atoms with Crippen molar-refractivity contribution < 1.29 is 14.0 Å². The fourth-order valence-electron chi connectivity index (χ4n) is 4.99. The third-order valence-electron chi connectivity index (χ3n) is 6.24. The first-order valence-electron chi connectivity index (χ1n) is 10.3. The second-order valence-corrected chi connectivity index (χ2v) is 7.89. The molecular weight excluding hydrogens is 358 g/mol. The van der Waals surface area contributed by atoms with Crippen molar-refractivity contribution in [2.45, 2.75) is 25.3 Å². The maximum atomic E-state index is 5.83. The summed E-state index contributed by atoms with van der Waals surface area (Å²) in [5.41, 5.74) is 8.19. The molecule has 0 saturated carbocycles. The van der Waals surface area contributed by atoms with E-state index >= 15 is 0 Å². The maximum Gasteiger partial charge on any atom is 0.171 e. The van der Waals surface area contributed by atoms with E-state index < -0.39 is 0 Å². The van der Waals surface area contributed by atoms with E-state index in [1.165, 1.54) is 33.4 Å². The normalized spacial score (nSPS) is 16.9. The zero-order valence-corrected chi connectivity index (χ0v) is 17.0. The van der Waals surface area contributed by atoms with Gasteiger partial charge in [0.2, 0.25) is 0 Å². The van der Waals surface area contributed by atoms with E-state index in [4.69, 9.17) is 9.47 Å². The highest BCUT2D eigenvalue weighted by atomic mass is 16.5. The lowest BCUT2D eigenvalue weighted by molar-refractivity contribution is -0.542. The van der Waals surface area contributed by atoms with Crippen LogP contribution in [0.4, 0.5) is 0 Å². The number of fused-ring (bicyclic) bond motifs is 2. The summed E-state index contributed by atoms with van der Waals surface area (Å²) in [4.78, 5) is 0. The van der Waals surface area contributed by atoms with Gasteiger partial charge in [0.25, 0.3) is 0 Å². The van der Waals surface area contributed by atoms with Crippen molar-refractivity contribution >= 4 is 6.21 Å². The van der Waals surface area contributed by atoms with Crippen LogP contribution in [0.3, 0.4) is 0 Å². The molecule has 3 heteroatoms. The van der Waals surface area contributed by atoms with E-state index in [0.29, 0.717) is 5.92 Å². The van der Waals surface area contributed by atoms with E-state index in [0.717, 1.165) is 37.4 Å². The Morgan fingerprint density at radius 2 is 1.72 bits per heavy atom. The van der Waals surface area contributed by atoms with Gasteiger partial charge in [-0.25, -0.2) is 4.58 Å². The molecule has 0 spiro atoms. The molecule has 29 heavy (non-hydrogen) atoms. The molecule has 0 fully saturated rings. The van der Waals surface area contributed by atoms with Gasteiger partial charge in [0.1, 0.15) is 0 Å². The maximum absolute atomic E-state index is 5.83. The van der Waals surface area contributed by atoms with Crippen LogP contribution in [0.25, 0.3) is 0 Å². The molecule has 1 atom stereocenters. The molecule has 0 radical (unpaired) electrons. The average Bonchev–Trinajstić information content (AvgIpc) is 2.93. The number of rotatable bonds is 4. The van der Waals surface area contributed by atoms with Crippen LogP contribution in [0.15, 0.2) is 60.7 Å². The van der Waals surface area contributed by atoms with Crippen molar-refractivity contribution in [3.63, 3.8) is 0 Å². The molecule has 0 N–H and O–H groups in total. The molecule has 5 rings (SSSR count). The fourth-order valence-corrected chi connectivity index (χ4v) is 4.99. The Morgan fingerprint density at radius 3 is 2.52 bits per heavy atom. The Hall–Kier alpha value is -3.07. The van der Waals surface area contributed by atoms with Gasteiger partial charge in [-0.3, -0.25) is 0 Å². The van der Waals surface area contributed by atoms with E-state index in [2.05, 4.69) is 71.5 Å². The van der Waals surface area contributed by atoms with Gasteiger partial charge in [-0.1, -0.05) is 54.6 Å². The Kier molecular flexibility index (Phi) is 4.59. The molecule has 1 aliphatic carbocycles. The Labute approximate surface area is 172 Å².